The zero-order valence-electron chi connectivity index (χ0n) is 49.7. The molecule has 0 aromatic heterocycles. The van der Waals surface area contributed by atoms with Crippen molar-refractivity contribution in [3.63, 3.8) is 0 Å². The van der Waals surface area contributed by atoms with Crippen LogP contribution in [-0.2, 0) is 33.2 Å². The largest absolute Gasteiger partial charge is 0.457 e. The lowest BCUT2D eigenvalue weighted by molar-refractivity contribution is -0.332. The minimum Gasteiger partial charge on any atom is -0.457 e. The Labute approximate surface area is 475 Å². The molecular weight excluding hydrogens is 993 g/mol. The molecule has 11 unspecified atom stereocenters. The third-order valence-corrected chi connectivity index (χ3v) is 15.7. The van der Waals surface area contributed by atoms with Crippen molar-refractivity contribution in [2.45, 2.75) is 345 Å². The lowest BCUT2D eigenvalue weighted by Gasteiger charge is -2.42. The molecule has 14 nitrogen and oxygen atoms in total. The summed E-state index contributed by atoms with van der Waals surface area (Å²) in [7, 11) is 0. The number of aliphatic hydroxyl groups excluding tert-OH is 7. The standard InChI is InChI=1S/C64H120O14/c1-3-5-7-9-11-13-15-17-19-21-23-25-26-28-30-32-34-36-38-40-42-44-46-48-73-50-53(51-74-63-62(72)60(70)58(68)55(78-63)52-75-64-61(71)59(69)57(67)54(49-65)77-64)76-56(66)47-45-43-41-39-37-35-33-31-29-27-24-22-20-18-16-14-12-10-8-6-4-2/h16,18,22,24,53-55,57-65,67-72H,3-15,17,19-21,23,25-52H2,1-2H3/b18-16-,24-22-. The number of unbranched alkanes of at least 4 members (excludes halogenated alkanes) is 36. The average Bonchev–Trinajstić information content (AvgIpc) is 3.45. The van der Waals surface area contributed by atoms with Crippen LogP contribution in [0.4, 0.5) is 0 Å². The fourth-order valence-corrected chi connectivity index (χ4v) is 10.5. The van der Waals surface area contributed by atoms with Crippen LogP contribution >= 0.6 is 0 Å². The minimum absolute atomic E-state index is 0.0651. The topological polar surface area (TPSA) is 214 Å². The van der Waals surface area contributed by atoms with E-state index in [2.05, 4.69) is 38.2 Å². The Morgan fingerprint density at radius 2 is 0.795 bits per heavy atom. The molecule has 0 aliphatic carbocycles. The van der Waals surface area contributed by atoms with Gasteiger partial charge in [0.1, 0.15) is 54.9 Å². The van der Waals surface area contributed by atoms with E-state index >= 15 is 0 Å². The van der Waals surface area contributed by atoms with E-state index in [1.165, 1.54) is 199 Å². The number of hydrogen-bond donors (Lipinski definition) is 7. The second-order valence-corrected chi connectivity index (χ2v) is 22.9. The van der Waals surface area contributed by atoms with Gasteiger partial charge >= 0.3 is 5.97 Å². The lowest BCUT2D eigenvalue weighted by atomic mass is 9.98. The summed E-state index contributed by atoms with van der Waals surface area (Å²) in [6, 6.07) is 0. The molecule has 2 fully saturated rings. The van der Waals surface area contributed by atoms with Gasteiger partial charge in [0, 0.05) is 13.0 Å². The van der Waals surface area contributed by atoms with Gasteiger partial charge < -0.3 is 64.2 Å². The highest BCUT2D eigenvalue weighted by molar-refractivity contribution is 5.69. The van der Waals surface area contributed by atoms with Gasteiger partial charge in [-0.2, -0.15) is 0 Å². The summed E-state index contributed by atoms with van der Waals surface area (Å²) in [4.78, 5) is 13.1. The van der Waals surface area contributed by atoms with E-state index in [-0.39, 0.29) is 25.6 Å². The van der Waals surface area contributed by atoms with E-state index in [0.717, 1.165) is 51.4 Å². The first-order chi connectivity index (χ1) is 38.1. The molecule has 460 valence electrons. The maximum absolute atomic E-state index is 13.1. The highest BCUT2D eigenvalue weighted by Crippen LogP contribution is 2.27. The summed E-state index contributed by atoms with van der Waals surface area (Å²) < 4.78 is 34.5. The summed E-state index contributed by atoms with van der Waals surface area (Å²) in [6.45, 7) is 3.74. The summed E-state index contributed by atoms with van der Waals surface area (Å²) in [5.41, 5.74) is 0. The van der Waals surface area contributed by atoms with Gasteiger partial charge in [0.25, 0.3) is 0 Å². The summed E-state index contributed by atoms with van der Waals surface area (Å²) in [5, 5.41) is 72.5. The molecule has 0 radical (unpaired) electrons. The van der Waals surface area contributed by atoms with Crippen molar-refractivity contribution < 1.29 is 69.0 Å². The number of carbonyl (C=O) groups is 1. The van der Waals surface area contributed by atoms with Crippen molar-refractivity contribution in [3.05, 3.63) is 24.3 Å². The van der Waals surface area contributed by atoms with Crippen LogP contribution in [0.1, 0.15) is 277 Å². The van der Waals surface area contributed by atoms with Crippen LogP contribution in [0.2, 0.25) is 0 Å². The number of esters is 1. The van der Waals surface area contributed by atoms with Gasteiger partial charge in [0.15, 0.2) is 12.6 Å². The quantitative estimate of drug-likeness (QED) is 0.0172. The number of rotatable bonds is 54. The molecule has 2 aliphatic rings. The van der Waals surface area contributed by atoms with E-state index < -0.39 is 80.7 Å². The van der Waals surface area contributed by atoms with Crippen molar-refractivity contribution in [1.29, 1.82) is 0 Å². The predicted octanol–water partition coefficient (Wildman–Crippen LogP) is 12.7. The second kappa shape index (κ2) is 51.1. The molecule has 2 rings (SSSR count). The summed E-state index contributed by atoms with van der Waals surface area (Å²) >= 11 is 0. The molecule has 2 heterocycles. The highest BCUT2D eigenvalue weighted by atomic mass is 16.7. The monoisotopic (exact) mass is 1110 g/mol. The zero-order chi connectivity index (χ0) is 56.5. The molecule has 0 spiro atoms. The summed E-state index contributed by atoms with van der Waals surface area (Å²) in [5.74, 6) is -0.374. The van der Waals surface area contributed by atoms with Crippen LogP contribution in [-0.4, -0.2) is 142 Å². The van der Waals surface area contributed by atoms with E-state index in [1.54, 1.807) is 0 Å². The molecule has 0 bridgehead atoms. The van der Waals surface area contributed by atoms with Gasteiger partial charge in [-0.1, -0.05) is 250 Å². The van der Waals surface area contributed by atoms with Crippen LogP contribution in [0.5, 0.6) is 0 Å². The number of allylic oxidation sites excluding steroid dienone is 4. The second-order valence-electron chi connectivity index (χ2n) is 22.9. The molecule has 2 aliphatic heterocycles. The van der Waals surface area contributed by atoms with Gasteiger partial charge in [0.2, 0.25) is 0 Å². The van der Waals surface area contributed by atoms with Gasteiger partial charge in [-0.05, 0) is 44.9 Å². The van der Waals surface area contributed by atoms with Gasteiger partial charge in [-0.3, -0.25) is 4.79 Å². The Balaban J connectivity index is 1.67. The van der Waals surface area contributed by atoms with Crippen molar-refractivity contribution in [1.82, 2.24) is 0 Å². The van der Waals surface area contributed by atoms with E-state index in [9.17, 15) is 40.5 Å². The fraction of sp³-hybridized carbons (Fsp3) is 0.922. The Hall–Kier alpha value is -1.53. The SMILES string of the molecule is CCCCCCC/C=C\C/C=C\CCCCCCCCCCCC(=O)OC(COCCCCCCCCCCCCCCCCCCCCCCCCC)COC1OC(COC2OC(CO)C(O)C(O)C2O)C(O)C(O)C1O. The van der Waals surface area contributed by atoms with Crippen LogP contribution in [0, 0.1) is 0 Å². The average molecular weight is 1110 g/mol. The van der Waals surface area contributed by atoms with Crippen molar-refractivity contribution >= 4 is 5.97 Å². The van der Waals surface area contributed by atoms with Crippen LogP contribution in [0.15, 0.2) is 24.3 Å². The number of hydrogen-bond acceptors (Lipinski definition) is 14. The molecule has 0 aromatic rings. The van der Waals surface area contributed by atoms with Crippen LogP contribution in [0.25, 0.3) is 0 Å². The Kier molecular flexibility index (Phi) is 47.6. The molecule has 7 N–H and O–H groups in total. The number of carbonyl (C=O) groups excluding carboxylic acids is 1. The third-order valence-electron chi connectivity index (χ3n) is 15.7. The summed E-state index contributed by atoms with van der Waals surface area (Å²) in [6.07, 6.45) is 43.9. The molecule has 0 amide bonds. The minimum atomic E-state index is -1.71. The van der Waals surface area contributed by atoms with Gasteiger partial charge in [-0.25, -0.2) is 0 Å². The van der Waals surface area contributed by atoms with Gasteiger partial charge in [-0.15, -0.1) is 0 Å². The zero-order valence-corrected chi connectivity index (χ0v) is 49.7. The molecule has 2 saturated heterocycles. The molecule has 14 heteroatoms. The highest BCUT2D eigenvalue weighted by Gasteiger charge is 2.47. The maximum atomic E-state index is 13.1. The third kappa shape index (κ3) is 36.8. The molecule has 11 atom stereocenters. The Bertz CT molecular complexity index is 1380. The van der Waals surface area contributed by atoms with Crippen LogP contribution in [0.3, 0.4) is 0 Å². The van der Waals surface area contributed by atoms with Crippen LogP contribution < -0.4 is 0 Å². The van der Waals surface area contributed by atoms with E-state index in [1.807, 2.05) is 0 Å². The molecule has 0 aromatic carbocycles. The number of aliphatic hydroxyl groups is 7. The number of ether oxygens (including phenoxy) is 6. The first-order valence-corrected chi connectivity index (χ1v) is 32.4. The van der Waals surface area contributed by atoms with E-state index in [4.69, 9.17) is 28.4 Å². The van der Waals surface area contributed by atoms with Crippen molar-refractivity contribution in [2.75, 3.05) is 33.0 Å². The van der Waals surface area contributed by atoms with E-state index in [0.29, 0.717) is 13.0 Å². The lowest BCUT2D eigenvalue weighted by Crippen LogP contribution is -2.61. The van der Waals surface area contributed by atoms with Gasteiger partial charge in [0.05, 0.1) is 26.4 Å². The molecule has 78 heavy (non-hydrogen) atoms. The molecule has 0 saturated carbocycles. The molecular formula is C64H120O14. The fourth-order valence-electron chi connectivity index (χ4n) is 10.5. The predicted molar refractivity (Wildman–Crippen MR) is 312 cm³/mol. The van der Waals surface area contributed by atoms with Crippen molar-refractivity contribution in [2.24, 2.45) is 0 Å². The normalized spacial score (nSPS) is 24.2. The maximum Gasteiger partial charge on any atom is 0.306 e. The first kappa shape index (κ1) is 72.6. The Morgan fingerprint density at radius 1 is 0.423 bits per heavy atom. The Morgan fingerprint density at radius 3 is 1.23 bits per heavy atom. The van der Waals surface area contributed by atoms with Crippen molar-refractivity contribution in [3.8, 4) is 0 Å². The first-order valence-electron chi connectivity index (χ1n) is 32.4. The smallest absolute Gasteiger partial charge is 0.306 e.